The van der Waals surface area contributed by atoms with Gasteiger partial charge in [-0.3, -0.25) is 28.9 Å². The number of aryl methyl sites for hydroxylation is 1. The van der Waals surface area contributed by atoms with E-state index in [9.17, 15) is 33.6 Å². The molecule has 4 amide bonds. The third kappa shape index (κ3) is 4.77. The number of likely N-dealkylation sites (N-methyl/N-ethyl adjacent to an activating group) is 2. The van der Waals surface area contributed by atoms with Crippen LogP contribution in [0.25, 0.3) is 0 Å². The fraction of sp³-hybridized carbons (Fsp3) is 0.519. The number of benzene rings is 1. The number of amidine groups is 1. The van der Waals surface area contributed by atoms with E-state index in [1.165, 1.54) is 43.1 Å². The van der Waals surface area contributed by atoms with Crippen LogP contribution in [0.1, 0.15) is 43.2 Å². The summed E-state index contributed by atoms with van der Waals surface area (Å²) in [5.74, 6) is -4.64. The predicted octanol–water partition coefficient (Wildman–Crippen LogP) is 0.702. The van der Waals surface area contributed by atoms with E-state index in [2.05, 4.69) is 16.4 Å². The summed E-state index contributed by atoms with van der Waals surface area (Å²) in [6, 6.07) is 4.83. The molecular formula is C27H31FN6O5. The molecule has 0 aromatic heterocycles. The fourth-order valence-corrected chi connectivity index (χ4v) is 5.72. The number of hydrogen-bond donors (Lipinski definition) is 1. The Morgan fingerprint density at radius 3 is 2.41 bits per heavy atom. The van der Waals surface area contributed by atoms with E-state index in [1.54, 1.807) is 13.0 Å². The van der Waals surface area contributed by atoms with Crippen molar-refractivity contribution in [2.75, 3.05) is 27.7 Å². The van der Waals surface area contributed by atoms with E-state index in [0.29, 0.717) is 36.8 Å². The van der Waals surface area contributed by atoms with Crippen molar-refractivity contribution in [2.45, 2.75) is 57.2 Å². The van der Waals surface area contributed by atoms with Gasteiger partial charge in [0.15, 0.2) is 6.04 Å². The topological polar surface area (TPSA) is 143 Å². The zero-order valence-corrected chi connectivity index (χ0v) is 22.4. The van der Waals surface area contributed by atoms with Crippen molar-refractivity contribution < 1.29 is 28.4 Å². The van der Waals surface area contributed by atoms with E-state index in [0.717, 1.165) is 4.90 Å². The molecular weight excluding hydrogens is 507 g/mol. The number of nitriles is 1. The highest BCUT2D eigenvalue weighted by atomic mass is 19.1. The highest BCUT2D eigenvalue weighted by Gasteiger charge is 2.59. The van der Waals surface area contributed by atoms with Gasteiger partial charge in [-0.25, -0.2) is 9.38 Å². The minimum absolute atomic E-state index is 0.0152. The minimum Gasteiger partial charge on any atom is -0.350 e. The molecule has 3 heterocycles. The number of ketones is 1. The lowest BCUT2D eigenvalue weighted by Crippen LogP contribution is -2.65. The number of hydrogen-bond acceptors (Lipinski definition) is 7. The molecule has 0 spiro atoms. The number of nitrogens with zero attached hydrogens (tertiary/aromatic N) is 5. The minimum atomic E-state index is -1.68. The van der Waals surface area contributed by atoms with Crippen LogP contribution in [0, 0.1) is 29.5 Å². The lowest BCUT2D eigenvalue weighted by atomic mass is 9.67. The molecule has 1 unspecified atom stereocenters. The average molecular weight is 539 g/mol. The number of nitrogens with one attached hydrogen (secondary N) is 1. The number of halogens is 1. The summed E-state index contributed by atoms with van der Waals surface area (Å²) in [7, 11) is 4.36. The Hall–Kier alpha value is -4.14. The Kier molecular flexibility index (Phi) is 7.29. The predicted molar refractivity (Wildman–Crippen MR) is 136 cm³/mol. The second-order valence-corrected chi connectivity index (χ2v) is 10.8. The van der Waals surface area contributed by atoms with Gasteiger partial charge in [0, 0.05) is 46.1 Å². The fourth-order valence-electron chi connectivity index (χ4n) is 5.72. The first-order chi connectivity index (χ1) is 18.4. The molecule has 206 valence electrons. The van der Waals surface area contributed by atoms with Gasteiger partial charge in [-0.1, -0.05) is 12.1 Å². The molecule has 12 heteroatoms. The van der Waals surface area contributed by atoms with Crippen molar-refractivity contribution in [3.05, 3.63) is 35.1 Å². The van der Waals surface area contributed by atoms with Crippen LogP contribution in [0.2, 0.25) is 0 Å². The van der Waals surface area contributed by atoms with E-state index >= 15 is 0 Å². The number of aliphatic imine (C=N–C) groups is 1. The molecule has 1 saturated carbocycles. The smallest absolute Gasteiger partial charge is 0.312 e. The first kappa shape index (κ1) is 27.9. The lowest BCUT2D eigenvalue weighted by Gasteiger charge is -2.47. The molecule has 1 N–H and O–H groups in total. The maximum absolute atomic E-state index is 13.6. The molecule has 39 heavy (non-hydrogen) atoms. The number of fused-ring (bicyclic) bond motifs is 2. The summed E-state index contributed by atoms with van der Waals surface area (Å²) in [5, 5.41) is 12.1. The molecule has 2 saturated heterocycles. The van der Waals surface area contributed by atoms with Gasteiger partial charge in [-0.15, -0.1) is 0 Å². The number of amides is 4. The molecule has 1 aliphatic carbocycles. The van der Waals surface area contributed by atoms with Crippen molar-refractivity contribution >= 4 is 35.2 Å². The van der Waals surface area contributed by atoms with Gasteiger partial charge in [0.2, 0.25) is 0 Å². The number of rotatable bonds is 5. The summed E-state index contributed by atoms with van der Waals surface area (Å²) in [5.41, 5.74) is -0.830. The van der Waals surface area contributed by atoms with Crippen LogP contribution >= 0.6 is 0 Å². The van der Waals surface area contributed by atoms with Crippen molar-refractivity contribution in [3.63, 3.8) is 0 Å². The molecule has 1 atom stereocenters. The van der Waals surface area contributed by atoms with Gasteiger partial charge in [0.25, 0.3) is 17.6 Å². The van der Waals surface area contributed by atoms with Gasteiger partial charge in [0.05, 0.1) is 6.07 Å². The molecule has 2 bridgehead atoms. The standard InChI is InChI=1S/C27H31FN6O5/c1-16-13-17(5-6-18(16)28)14-30-21(36)19-20(35)22(37)34-15-26(11-12-29)7-9-27(10-8-26,25(34)31-19)33(4)24(39)23(38)32(2)3/h5-6,13,19H,7-11,14-15H2,1-4H3,(H,30,36). The number of carbonyl (C=O) groups excluding carboxylic acids is 5. The van der Waals surface area contributed by atoms with Crippen molar-refractivity contribution in [1.82, 2.24) is 20.0 Å². The maximum atomic E-state index is 13.6. The van der Waals surface area contributed by atoms with Crippen LogP contribution in [0.5, 0.6) is 0 Å². The van der Waals surface area contributed by atoms with Crippen LogP contribution in [-0.2, 0) is 30.5 Å². The molecule has 1 aromatic rings. The lowest BCUT2D eigenvalue weighted by molar-refractivity contribution is -0.152. The molecule has 1 aromatic carbocycles. The van der Waals surface area contributed by atoms with Crippen LogP contribution in [0.15, 0.2) is 23.2 Å². The van der Waals surface area contributed by atoms with E-state index in [1.807, 2.05) is 0 Å². The Balaban J connectivity index is 1.73. The van der Waals surface area contributed by atoms with Crippen LogP contribution in [0.3, 0.4) is 0 Å². The first-order valence-corrected chi connectivity index (χ1v) is 12.7. The van der Waals surface area contributed by atoms with Gasteiger partial charge in [0.1, 0.15) is 17.2 Å². The highest BCUT2D eigenvalue weighted by molar-refractivity contribution is 6.46. The molecule has 3 fully saturated rings. The Morgan fingerprint density at radius 1 is 1.15 bits per heavy atom. The van der Waals surface area contributed by atoms with Crippen LogP contribution < -0.4 is 5.32 Å². The van der Waals surface area contributed by atoms with E-state index in [4.69, 9.17) is 0 Å². The monoisotopic (exact) mass is 538 g/mol. The molecule has 11 nitrogen and oxygen atoms in total. The zero-order chi connectivity index (χ0) is 28.7. The largest absolute Gasteiger partial charge is 0.350 e. The molecule has 5 rings (SSSR count). The van der Waals surface area contributed by atoms with Crippen molar-refractivity contribution in [2.24, 2.45) is 10.4 Å². The van der Waals surface area contributed by atoms with Gasteiger partial charge in [-0.2, -0.15) is 5.26 Å². The average Bonchev–Trinajstić information content (AvgIpc) is 3.14. The summed E-state index contributed by atoms with van der Waals surface area (Å²) in [6.07, 6.45) is 1.68. The zero-order valence-electron chi connectivity index (χ0n) is 22.4. The summed E-state index contributed by atoms with van der Waals surface area (Å²) >= 11 is 0. The molecule has 4 aliphatic rings. The normalized spacial score (nSPS) is 25.7. The van der Waals surface area contributed by atoms with E-state index < -0.39 is 52.2 Å². The third-order valence-electron chi connectivity index (χ3n) is 8.19. The summed E-state index contributed by atoms with van der Waals surface area (Å²) in [6.45, 7) is 1.63. The summed E-state index contributed by atoms with van der Waals surface area (Å²) < 4.78 is 13.6. The summed E-state index contributed by atoms with van der Waals surface area (Å²) in [4.78, 5) is 73.6. The molecule has 0 radical (unpaired) electrons. The third-order valence-corrected chi connectivity index (χ3v) is 8.19. The van der Waals surface area contributed by atoms with Gasteiger partial charge in [-0.05, 0) is 49.8 Å². The Morgan fingerprint density at radius 2 is 1.82 bits per heavy atom. The Bertz CT molecular complexity index is 1320. The van der Waals surface area contributed by atoms with Crippen LogP contribution in [0.4, 0.5) is 4.39 Å². The first-order valence-electron chi connectivity index (χ1n) is 12.7. The van der Waals surface area contributed by atoms with E-state index in [-0.39, 0.29) is 25.3 Å². The second kappa shape index (κ2) is 10.2. The van der Waals surface area contributed by atoms with Crippen molar-refractivity contribution in [1.29, 1.82) is 5.26 Å². The SMILES string of the molecule is Cc1cc(CNC(=O)C2N=C3N(CC4(CC#N)CCC3(N(C)C(=O)C(=O)N(C)C)CC4)C(=O)C2=O)ccc1F. The maximum Gasteiger partial charge on any atom is 0.312 e. The number of carbonyl (C=O) groups is 5. The number of Topliss-reactive ketones (excluding diaryl/α,β-unsaturated/α-hetero) is 1. The van der Waals surface area contributed by atoms with Gasteiger partial charge < -0.3 is 15.1 Å². The highest BCUT2D eigenvalue weighted by Crippen LogP contribution is 2.51. The van der Waals surface area contributed by atoms with Gasteiger partial charge >= 0.3 is 11.8 Å². The van der Waals surface area contributed by atoms with Crippen molar-refractivity contribution in [3.8, 4) is 6.07 Å². The Labute approximate surface area is 225 Å². The quantitative estimate of drug-likeness (QED) is 0.432. The second-order valence-electron chi connectivity index (χ2n) is 10.8. The molecule has 3 aliphatic heterocycles. The van der Waals surface area contributed by atoms with Crippen LogP contribution in [-0.4, -0.2) is 89.2 Å².